The molecule has 146 valence electrons. The van der Waals surface area contributed by atoms with Gasteiger partial charge in [-0.15, -0.1) is 0 Å². The van der Waals surface area contributed by atoms with Gasteiger partial charge in [-0.2, -0.15) is 4.31 Å². The Balaban J connectivity index is 2.37. The zero-order valence-electron chi connectivity index (χ0n) is 15.4. The van der Waals surface area contributed by atoms with Gasteiger partial charge in [-0.25, -0.2) is 8.42 Å². The molecular formula is C19H22BrClN2O3S. The maximum Gasteiger partial charge on any atom is 0.243 e. The minimum Gasteiger partial charge on any atom is -0.350 e. The van der Waals surface area contributed by atoms with Crippen molar-refractivity contribution in [3.63, 3.8) is 0 Å². The third-order valence-electron chi connectivity index (χ3n) is 3.59. The molecule has 8 heteroatoms. The summed E-state index contributed by atoms with van der Waals surface area (Å²) in [5.74, 6) is -0.379. The third-order valence-corrected chi connectivity index (χ3v) is 6.29. The normalized spacial score (nSPS) is 12.2. The molecule has 0 atom stereocenters. The van der Waals surface area contributed by atoms with E-state index in [1.54, 1.807) is 36.4 Å². The molecule has 0 aliphatic heterocycles. The molecule has 0 fully saturated rings. The minimum atomic E-state index is -3.89. The highest BCUT2D eigenvalue weighted by atomic mass is 79.9. The standard InChI is InChI=1S/C19H22BrClN2O3S/c1-19(2,3)22-18(24)13-23(12-14-6-4-5-7-17(14)21)27(25,26)16-10-8-15(20)9-11-16/h4-11H,12-13H2,1-3H3,(H,22,24). The van der Waals surface area contributed by atoms with Gasteiger partial charge in [0.1, 0.15) is 0 Å². The monoisotopic (exact) mass is 472 g/mol. The first-order valence-electron chi connectivity index (χ1n) is 8.29. The quantitative estimate of drug-likeness (QED) is 0.683. The largest absolute Gasteiger partial charge is 0.350 e. The number of hydrogen-bond donors (Lipinski definition) is 1. The van der Waals surface area contributed by atoms with Crippen LogP contribution in [0.25, 0.3) is 0 Å². The molecule has 2 aromatic carbocycles. The van der Waals surface area contributed by atoms with E-state index in [0.717, 1.165) is 8.78 Å². The second kappa shape index (κ2) is 8.73. The Morgan fingerprint density at radius 2 is 1.70 bits per heavy atom. The summed E-state index contributed by atoms with van der Waals surface area (Å²) in [4.78, 5) is 12.5. The van der Waals surface area contributed by atoms with Crippen LogP contribution in [0.5, 0.6) is 0 Å². The Kier molecular flexibility index (Phi) is 7.08. The number of amides is 1. The summed E-state index contributed by atoms with van der Waals surface area (Å²) in [5.41, 5.74) is 0.164. The molecule has 2 rings (SSSR count). The van der Waals surface area contributed by atoms with Crippen molar-refractivity contribution in [3.05, 3.63) is 63.6 Å². The summed E-state index contributed by atoms with van der Waals surface area (Å²) in [7, 11) is -3.89. The molecule has 1 N–H and O–H groups in total. The molecule has 0 spiro atoms. The van der Waals surface area contributed by atoms with E-state index in [1.807, 2.05) is 20.8 Å². The van der Waals surface area contributed by atoms with Crippen LogP contribution in [0, 0.1) is 0 Å². The molecule has 1 amide bonds. The lowest BCUT2D eigenvalue weighted by atomic mass is 10.1. The van der Waals surface area contributed by atoms with Gasteiger partial charge in [-0.3, -0.25) is 4.79 Å². The van der Waals surface area contributed by atoms with Crippen LogP contribution in [0.3, 0.4) is 0 Å². The van der Waals surface area contributed by atoms with Crippen LogP contribution in [-0.2, 0) is 21.4 Å². The van der Waals surface area contributed by atoms with Gasteiger partial charge < -0.3 is 5.32 Å². The Morgan fingerprint density at radius 3 is 2.26 bits per heavy atom. The molecule has 0 saturated heterocycles. The average molecular weight is 474 g/mol. The molecule has 0 saturated carbocycles. The molecule has 0 heterocycles. The van der Waals surface area contributed by atoms with E-state index in [2.05, 4.69) is 21.2 Å². The zero-order valence-corrected chi connectivity index (χ0v) is 18.5. The second-order valence-electron chi connectivity index (χ2n) is 7.12. The van der Waals surface area contributed by atoms with Crippen molar-refractivity contribution in [3.8, 4) is 0 Å². The number of carbonyl (C=O) groups is 1. The fourth-order valence-corrected chi connectivity index (χ4v) is 4.25. The van der Waals surface area contributed by atoms with E-state index in [1.165, 1.54) is 12.1 Å². The van der Waals surface area contributed by atoms with Gasteiger partial charge >= 0.3 is 0 Å². The highest BCUT2D eigenvalue weighted by Crippen LogP contribution is 2.23. The van der Waals surface area contributed by atoms with Crippen molar-refractivity contribution in [2.45, 2.75) is 37.8 Å². The van der Waals surface area contributed by atoms with Gasteiger partial charge in [0.25, 0.3) is 0 Å². The van der Waals surface area contributed by atoms with Crippen LogP contribution in [0.1, 0.15) is 26.3 Å². The highest BCUT2D eigenvalue weighted by Gasteiger charge is 2.28. The number of sulfonamides is 1. The van der Waals surface area contributed by atoms with E-state index in [9.17, 15) is 13.2 Å². The molecule has 0 bridgehead atoms. The molecule has 0 unspecified atom stereocenters. The summed E-state index contributed by atoms with van der Waals surface area (Å²) in [6.07, 6.45) is 0. The topological polar surface area (TPSA) is 66.5 Å². The number of carbonyl (C=O) groups excluding carboxylic acids is 1. The minimum absolute atomic E-state index is 0.00433. The predicted molar refractivity (Wildman–Crippen MR) is 111 cm³/mol. The SMILES string of the molecule is CC(C)(C)NC(=O)CN(Cc1ccccc1Cl)S(=O)(=O)c1ccc(Br)cc1. The summed E-state index contributed by atoms with van der Waals surface area (Å²) in [6, 6.07) is 13.3. The fraction of sp³-hybridized carbons (Fsp3) is 0.316. The van der Waals surface area contributed by atoms with Crippen LogP contribution >= 0.6 is 27.5 Å². The first kappa shape index (κ1) is 21.9. The van der Waals surface area contributed by atoms with Gasteiger partial charge in [-0.05, 0) is 56.7 Å². The van der Waals surface area contributed by atoms with Crippen molar-refractivity contribution in [1.29, 1.82) is 0 Å². The lowest BCUT2D eigenvalue weighted by Crippen LogP contribution is -2.47. The van der Waals surface area contributed by atoms with Crippen molar-refractivity contribution in [2.75, 3.05) is 6.54 Å². The molecule has 0 aliphatic rings. The van der Waals surface area contributed by atoms with E-state index in [0.29, 0.717) is 10.6 Å². The molecule has 0 aromatic heterocycles. The van der Waals surface area contributed by atoms with E-state index in [4.69, 9.17) is 11.6 Å². The first-order chi connectivity index (χ1) is 12.5. The summed E-state index contributed by atoms with van der Waals surface area (Å²) in [5, 5.41) is 3.25. The van der Waals surface area contributed by atoms with Crippen molar-refractivity contribution < 1.29 is 13.2 Å². The molecule has 2 aromatic rings. The molecular weight excluding hydrogens is 452 g/mol. The number of nitrogens with one attached hydrogen (secondary N) is 1. The van der Waals surface area contributed by atoms with Gasteiger partial charge in [-0.1, -0.05) is 45.7 Å². The van der Waals surface area contributed by atoms with E-state index >= 15 is 0 Å². The second-order valence-corrected chi connectivity index (χ2v) is 10.4. The van der Waals surface area contributed by atoms with Crippen LogP contribution in [-0.4, -0.2) is 30.7 Å². The maximum atomic E-state index is 13.1. The zero-order chi connectivity index (χ0) is 20.2. The van der Waals surface area contributed by atoms with E-state index < -0.39 is 15.6 Å². The Bertz CT molecular complexity index is 909. The molecule has 27 heavy (non-hydrogen) atoms. The first-order valence-corrected chi connectivity index (χ1v) is 10.9. The smallest absolute Gasteiger partial charge is 0.243 e. The maximum absolute atomic E-state index is 13.1. The van der Waals surface area contributed by atoms with Crippen LogP contribution in [0.2, 0.25) is 5.02 Å². The number of nitrogens with zero attached hydrogens (tertiary/aromatic N) is 1. The summed E-state index contributed by atoms with van der Waals surface area (Å²) in [6.45, 7) is 5.21. The lowest BCUT2D eigenvalue weighted by Gasteiger charge is -2.26. The number of rotatable bonds is 6. The molecule has 0 radical (unpaired) electrons. The number of hydrogen-bond acceptors (Lipinski definition) is 3. The van der Waals surface area contributed by atoms with Gasteiger partial charge in [0.2, 0.25) is 15.9 Å². The fourth-order valence-electron chi connectivity index (χ4n) is 2.42. The number of benzene rings is 2. The van der Waals surface area contributed by atoms with Crippen molar-refractivity contribution in [2.24, 2.45) is 0 Å². The predicted octanol–water partition coefficient (Wildman–Crippen LogP) is 4.21. The Labute approximate surface area is 173 Å². The van der Waals surface area contributed by atoms with Gasteiger partial charge in [0.15, 0.2) is 0 Å². The molecule has 0 aliphatic carbocycles. The van der Waals surface area contributed by atoms with Crippen molar-refractivity contribution in [1.82, 2.24) is 9.62 Å². The summed E-state index contributed by atoms with van der Waals surface area (Å²) < 4.78 is 28.2. The van der Waals surface area contributed by atoms with Crippen LogP contribution in [0.15, 0.2) is 57.9 Å². The number of halogens is 2. The third kappa shape index (κ3) is 6.31. The van der Waals surface area contributed by atoms with Crippen LogP contribution in [0.4, 0.5) is 0 Å². The van der Waals surface area contributed by atoms with Crippen LogP contribution < -0.4 is 5.32 Å². The summed E-state index contributed by atoms with van der Waals surface area (Å²) >= 11 is 9.50. The molecule has 5 nitrogen and oxygen atoms in total. The van der Waals surface area contributed by atoms with Gasteiger partial charge in [0, 0.05) is 21.6 Å². The highest BCUT2D eigenvalue weighted by molar-refractivity contribution is 9.10. The lowest BCUT2D eigenvalue weighted by molar-refractivity contribution is -0.122. The Morgan fingerprint density at radius 1 is 1.11 bits per heavy atom. The van der Waals surface area contributed by atoms with Gasteiger partial charge in [0.05, 0.1) is 11.4 Å². The van der Waals surface area contributed by atoms with E-state index in [-0.39, 0.29) is 23.9 Å². The average Bonchev–Trinajstić information content (AvgIpc) is 2.55. The van der Waals surface area contributed by atoms with Crippen molar-refractivity contribution >= 4 is 43.5 Å². The Hall–Kier alpha value is -1.41.